The number of hydrogen-bond acceptors (Lipinski definition) is 4. The Bertz CT molecular complexity index is 818. The summed E-state index contributed by atoms with van der Waals surface area (Å²) in [5.74, 6) is 1.73. The molecule has 4 nitrogen and oxygen atoms in total. The van der Waals surface area contributed by atoms with Crippen molar-refractivity contribution in [1.29, 1.82) is 0 Å². The van der Waals surface area contributed by atoms with Gasteiger partial charge in [-0.1, -0.05) is 43.2 Å². The van der Waals surface area contributed by atoms with Crippen LogP contribution in [-0.2, 0) is 18.5 Å². The van der Waals surface area contributed by atoms with Gasteiger partial charge < -0.3 is 14.6 Å². The first-order valence-electron chi connectivity index (χ1n) is 10.1. The van der Waals surface area contributed by atoms with Crippen molar-refractivity contribution in [2.45, 2.75) is 56.7 Å². The normalized spacial score (nSPS) is 26.5. The fourth-order valence-corrected chi connectivity index (χ4v) is 5.58. The van der Waals surface area contributed by atoms with E-state index in [1.165, 1.54) is 36.0 Å². The van der Waals surface area contributed by atoms with Gasteiger partial charge in [0.1, 0.15) is 0 Å². The number of hydrogen-bond donors (Lipinski definition) is 1. The third-order valence-electron chi connectivity index (χ3n) is 6.72. The second kappa shape index (κ2) is 6.84. The zero-order chi connectivity index (χ0) is 18.3. The Morgan fingerprint density at radius 2 is 1.89 bits per heavy atom. The predicted octanol–water partition coefficient (Wildman–Crippen LogP) is 3.99. The third-order valence-corrected chi connectivity index (χ3v) is 6.72. The van der Waals surface area contributed by atoms with E-state index in [1.807, 2.05) is 0 Å². The Balaban J connectivity index is 1.60. The third kappa shape index (κ3) is 2.82. The summed E-state index contributed by atoms with van der Waals surface area (Å²) in [5.41, 5.74) is 4.08. The smallest absolute Gasteiger partial charge is 0.231 e. The van der Waals surface area contributed by atoms with Gasteiger partial charge in [0.2, 0.25) is 6.79 Å². The van der Waals surface area contributed by atoms with E-state index < -0.39 is 0 Å². The van der Waals surface area contributed by atoms with Crippen molar-refractivity contribution in [3.05, 3.63) is 59.2 Å². The SMILES string of the molecule is OCC[C@@]12CCCC[C@H]1N(Cc1ccccc1)Cc1cc3c(cc12)OCO3. The summed E-state index contributed by atoms with van der Waals surface area (Å²) in [6.07, 6.45) is 5.64. The average Bonchev–Trinajstić information content (AvgIpc) is 3.15. The molecule has 142 valence electrons. The first kappa shape index (κ1) is 17.1. The van der Waals surface area contributed by atoms with Crippen LogP contribution in [0.2, 0.25) is 0 Å². The molecule has 2 atom stereocenters. The highest BCUT2D eigenvalue weighted by Crippen LogP contribution is 2.52. The van der Waals surface area contributed by atoms with Crippen molar-refractivity contribution in [3.63, 3.8) is 0 Å². The summed E-state index contributed by atoms with van der Waals surface area (Å²) >= 11 is 0. The highest BCUT2D eigenvalue weighted by atomic mass is 16.7. The number of aliphatic hydroxyl groups is 1. The first-order chi connectivity index (χ1) is 13.3. The minimum Gasteiger partial charge on any atom is -0.454 e. The van der Waals surface area contributed by atoms with Crippen LogP contribution in [0.4, 0.5) is 0 Å². The number of rotatable bonds is 4. The van der Waals surface area contributed by atoms with Crippen LogP contribution in [0.25, 0.3) is 0 Å². The van der Waals surface area contributed by atoms with Crippen molar-refractivity contribution < 1.29 is 14.6 Å². The largest absolute Gasteiger partial charge is 0.454 e. The Hall–Kier alpha value is -2.04. The van der Waals surface area contributed by atoms with Crippen LogP contribution >= 0.6 is 0 Å². The van der Waals surface area contributed by atoms with E-state index in [0.717, 1.165) is 37.4 Å². The Morgan fingerprint density at radius 1 is 1.07 bits per heavy atom. The highest BCUT2D eigenvalue weighted by molar-refractivity contribution is 5.53. The molecule has 0 spiro atoms. The molecule has 2 aromatic carbocycles. The lowest BCUT2D eigenvalue weighted by atomic mass is 9.60. The lowest BCUT2D eigenvalue weighted by Gasteiger charge is -2.54. The lowest BCUT2D eigenvalue weighted by molar-refractivity contribution is 0.0315. The van der Waals surface area contributed by atoms with Gasteiger partial charge in [-0.05, 0) is 48.1 Å². The standard InChI is InChI=1S/C23H27NO3/c25-11-10-23-9-5-4-8-22(23)24(14-17-6-2-1-3-7-17)15-18-12-20-21(13-19(18)23)27-16-26-20/h1-3,6-7,12-13,22,25H,4-5,8-11,14-16H2/t22-,23-/m1/s1. The van der Waals surface area contributed by atoms with Crippen molar-refractivity contribution in [2.75, 3.05) is 13.4 Å². The van der Waals surface area contributed by atoms with Crippen molar-refractivity contribution in [3.8, 4) is 11.5 Å². The summed E-state index contributed by atoms with van der Waals surface area (Å²) in [4.78, 5) is 2.63. The van der Waals surface area contributed by atoms with Crippen molar-refractivity contribution in [1.82, 2.24) is 4.90 Å². The van der Waals surface area contributed by atoms with Gasteiger partial charge in [0.25, 0.3) is 0 Å². The van der Waals surface area contributed by atoms with Gasteiger partial charge in [0, 0.05) is 31.2 Å². The highest BCUT2D eigenvalue weighted by Gasteiger charge is 2.49. The van der Waals surface area contributed by atoms with E-state index in [1.54, 1.807) is 0 Å². The summed E-state index contributed by atoms with van der Waals surface area (Å²) < 4.78 is 11.3. The van der Waals surface area contributed by atoms with Crippen molar-refractivity contribution >= 4 is 0 Å². The Labute approximate surface area is 160 Å². The van der Waals surface area contributed by atoms with Crippen LogP contribution in [-0.4, -0.2) is 29.4 Å². The van der Waals surface area contributed by atoms with Gasteiger partial charge in [-0.25, -0.2) is 0 Å². The number of nitrogens with zero attached hydrogens (tertiary/aromatic N) is 1. The molecule has 4 heteroatoms. The minimum absolute atomic E-state index is 0.0103. The summed E-state index contributed by atoms with van der Waals surface area (Å²) in [6.45, 7) is 2.41. The molecular formula is C23H27NO3. The van der Waals surface area contributed by atoms with Gasteiger partial charge in [-0.15, -0.1) is 0 Å². The van der Waals surface area contributed by atoms with Gasteiger partial charge in [0.05, 0.1) is 0 Å². The molecule has 2 aromatic rings. The van der Waals surface area contributed by atoms with E-state index in [4.69, 9.17) is 9.47 Å². The van der Waals surface area contributed by atoms with E-state index in [0.29, 0.717) is 12.8 Å². The van der Waals surface area contributed by atoms with Crippen LogP contribution in [0, 0.1) is 0 Å². The van der Waals surface area contributed by atoms with Crippen LogP contribution in [0.3, 0.4) is 0 Å². The number of fused-ring (bicyclic) bond motifs is 4. The predicted molar refractivity (Wildman–Crippen MR) is 104 cm³/mol. The molecule has 0 unspecified atom stereocenters. The molecule has 1 N–H and O–H groups in total. The van der Waals surface area contributed by atoms with E-state index >= 15 is 0 Å². The molecule has 1 aliphatic carbocycles. The molecular weight excluding hydrogens is 338 g/mol. The monoisotopic (exact) mass is 365 g/mol. The lowest BCUT2D eigenvalue weighted by Crippen LogP contribution is -2.56. The van der Waals surface area contributed by atoms with E-state index in [2.05, 4.69) is 47.4 Å². The van der Waals surface area contributed by atoms with Crippen molar-refractivity contribution in [2.24, 2.45) is 0 Å². The average molecular weight is 365 g/mol. The molecule has 0 radical (unpaired) electrons. The molecule has 0 bridgehead atoms. The summed E-state index contributed by atoms with van der Waals surface area (Å²) in [5, 5.41) is 9.97. The minimum atomic E-state index is 0.0103. The maximum absolute atomic E-state index is 9.97. The maximum atomic E-state index is 9.97. The fraction of sp³-hybridized carbons (Fsp3) is 0.478. The zero-order valence-electron chi connectivity index (χ0n) is 15.7. The van der Waals surface area contributed by atoms with E-state index in [9.17, 15) is 5.11 Å². The van der Waals surface area contributed by atoms with Gasteiger partial charge >= 0.3 is 0 Å². The Kier molecular flexibility index (Phi) is 4.33. The molecule has 27 heavy (non-hydrogen) atoms. The molecule has 3 aliphatic rings. The molecule has 0 aromatic heterocycles. The number of aliphatic hydroxyl groups excluding tert-OH is 1. The second-order valence-electron chi connectivity index (χ2n) is 8.14. The molecule has 5 rings (SSSR count). The topological polar surface area (TPSA) is 41.9 Å². The fourth-order valence-electron chi connectivity index (χ4n) is 5.58. The zero-order valence-corrected chi connectivity index (χ0v) is 15.7. The quantitative estimate of drug-likeness (QED) is 0.889. The molecule has 1 fully saturated rings. The second-order valence-corrected chi connectivity index (χ2v) is 8.14. The maximum Gasteiger partial charge on any atom is 0.231 e. The van der Waals surface area contributed by atoms with Crippen LogP contribution in [0.15, 0.2) is 42.5 Å². The molecule has 2 aliphatic heterocycles. The molecule has 1 saturated carbocycles. The van der Waals surface area contributed by atoms with Crippen LogP contribution < -0.4 is 9.47 Å². The number of ether oxygens (including phenoxy) is 2. The van der Waals surface area contributed by atoms with Gasteiger partial charge in [-0.2, -0.15) is 0 Å². The van der Waals surface area contributed by atoms with E-state index in [-0.39, 0.29) is 12.0 Å². The summed E-state index contributed by atoms with van der Waals surface area (Å²) in [7, 11) is 0. The molecule has 0 saturated heterocycles. The van der Waals surface area contributed by atoms with Crippen LogP contribution in [0.5, 0.6) is 11.5 Å². The molecule has 2 heterocycles. The summed E-state index contributed by atoms with van der Waals surface area (Å²) in [6, 6.07) is 15.6. The Morgan fingerprint density at radius 3 is 2.70 bits per heavy atom. The molecule has 0 amide bonds. The first-order valence-corrected chi connectivity index (χ1v) is 10.1. The number of benzene rings is 2. The van der Waals surface area contributed by atoms with Gasteiger partial charge in [-0.3, -0.25) is 4.90 Å². The van der Waals surface area contributed by atoms with Crippen LogP contribution in [0.1, 0.15) is 48.8 Å². The van der Waals surface area contributed by atoms with Gasteiger partial charge in [0.15, 0.2) is 11.5 Å².